The van der Waals surface area contributed by atoms with Crippen molar-refractivity contribution >= 4 is 39.5 Å². The van der Waals surface area contributed by atoms with Gasteiger partial charge in [-0.25, -0.2) is 9.13 Å². The van der Waals surface area contributed by atoms with Gasteiger partial charge in [-0.2, -0.15) is 0 Å². The molecule has 0 fully saturated rings. The van der Waals surface area contributed by atoms with Crippen molar-refractivity contribution in [1.29, 1.82) is 0 Å². The number of phosphoric acid groups is 2. The molecule has 17 nitrogen and oxygen atoms in total. The molecule has 5 atom stereocenters. The standard InChI is InChI=1S/C70H136O17P2/c1-7-9-11-13-15-17-28-34-40-46-52-67(72)80-58-65(86-69(74)54-48-42-36-29-18-16-14-12-10-8-2)60-84-88(76,77)82-56-64(71)57-83-89(78,79)85-61-66(59-81-68(73)53-47-41-35-31-25-27-33-39-45-51-63(5)6)87-70(75)55-49-43-37-30-24-22-20-19-21-23-26-32-38-44-50-62(3)4/h62-66,71H,7-61H2,1-6H3,(H,76,77)(H,78,79)/t64-,65+,66+/m0/s1. The summed E-state index contributed by atoms with van der Waals surface area (Å²) in [5, 5.41) is 10.6. The first-order valence-corrected chi connectivity index (χ1v) is 39.5. The quantitative estimate of drug-likeness (QED) is 0.0222. The van der Waals surface area contributed by atoms with Crippen LogP contribution in [0.25, 0.3) is 0 Å². The average Bonchev–Trinajstić information content (AvgIpc) is 3.59. The monoisotopic (exact) mass is 1310 g/mol. The molecule has 0 aliphatic heterocycles. The lowest BCUT2D eigenvalue weighted by Gasteiger charge is -2.21. The maximum atomic E-state index is 13.0. The van der Waals surface area contributed by atoms with Crippen LogP contribution in [0.4, 0.5) is 0 Å². The number of ether oxygens (including phenoxy) is 4. The zero-order valence-electron chi connectivity index (χ0n) is 57.7. The maximum Gasteiger partial charge on any atom is 0.472 e. The topological polar surface area (TPSA) is 237 Å². The Balaban J connectivity index is 5.22. The molecule has 0 aromatic carbocycles. The van der Waals surface area contributed by atoms with E-state index in [0.29, 0.717) is 25.7 Å². The first kappa shape index (κ1) is 87.1. The van der Waals surface area contributed by atoms with Crippen LogP contribution in [-0.2, 0) is 65.4 Å². The highest BCUT2D eigenvalue weighted by molar-refractivity contribution is 7.47. The number of aliphatic hydroxyl groups excluding tert-OH is 1. The fourth-order valence-electron chi connectivity index (χ4n) is 10.6. The van der Waals surface area contributed by atoms with Crippen LogP contribution in [0.2, 0.25) is 0 Å². The van der Waals surface area contributed by atoms with E-state index in [-0.39, 0.29) is 25.7 Å². The van der Waals surface area contributed by atoms with Gasteiger partial charge >= 0.3 is 39.5 Å². The zero-order valence-corrected chi connectivity index (χ0v) is 59.5. The molecule has 0 amide bonds. The second kappa shape index (κ2) is 62.2. The number of carbonyl (C=O) groups is 4. The molecule has 19 heteroatoms. The summed E-state index contributed by atoms with van der Waals surface area (Å²) in [7, 11) is -9.90. The van der Waals surface area contributed by atoms with Gasteiger partial charge in [0.2, 0.25) is 0 Å². The van der Waals surface area contributed by atoms with Crippen molar-refractivity contribution in [2.75, 3.05) is 39.6 Å². The van der Waals surface area contributed by atoms with Crippen LogP contribution in [0.5, 0.6) is 0 Å². The van der Waals surface area contributed by atoms with Crippen molar-refractivity contribution in [1.82, 2.24) is 0 Å². The SMILES string of the molecule is CCCCCCCCCCCCC(=O)OC[C@H](COP(=O)(O)OC[C@H](O)COP(=O)(O)OC[C@@H](COC(=O)CCCCCCCCCCCC(C)C)OC(=O)CCCCCCCCCCCCCCCCC(C)C)OC(=O)CCCCCCCCCCCC. The second-order valence-electron chi connectivity index (χ2n) is 26.2. The Morgan fingerprint density at radius 2 is 0.517 bits per heavy atom. The molecule has 89 heavy (non-hydrogen) atoms. The van der Waals surface area contributed by atoms with Crippen molar-refractivity contribution in [2.45, 2.75) is 374 Å². The van der Waals surface area contributed by atoms with E-state index in [1.165, 1.54) is 173 Å². The Morgan fingerprint density at radius 1 is 0.303 bits per heavy atom. The summed E-state index contributed by atoms with van der Waals surface area (Å²) >= 11 is 0. The van der Waals surface area contributed by atoms with Crippen molar-refractivity contribution in [3.63, 3.8) is 0 Å². The van der Waals surface area contributed by atoms with Crippen molar-refractivity contribution < 1.29 is 80.2 Å². The number of unbranched alkanes of at least 4 members (excludes halogenated alkanes) is 39. The lowest BCUT2D eigenvalue weighted by atomic mass is 10.0. The van der Waals surface area contributed by atoms with Gasteiger partial charge in [0.1, 0.15) is 19.3 Å². The molecule has 3 N–H and O–H groups in total. The molecule has 0 radical (unpaired) electrons. The predicted octanol–water partition coefficient (Wildman–Crippen LogP) is 20.0. The molecular formula is C70H136O17P2. The first-order chi connectivity index (χ1) is 42.9. The van der Waals surface area contributed by atoms with Gasteiger partial charge in [0, 0.05) is 25.7 Å². The highest BCUT2D eigenvalue weighted by Gasteiger charge is 2.30. The van der Waals surface area contributed by atoms with E-state index >= 15 is 0 Å². The second-order valence-corrected chi connectivity index (χ2v) is 29.1. The number of hydrogen-bond donors (Lipinski definition) is 3. The van der Waals surface area contributed by atoms with E-state index in [0.717, 1.165) is 102 Å². The fraction of sp³-hybridized carbons (Fsp3) is 0.943. The third-order valence-electron chi connectivity index (χ3n) is 16.2. The molecule has 0 aliphatic carbocycles. The minimum absolute atomic E-state index is 0.106. The van der Waals surface area contributed by atoms with Gasteiger partial charge in [-0.3, -0.25) is 37.3 Å². The van der Waals surface area contributed by atoms with E-state index in [1.54, 1.807) is 0 Å². The van der Waals surface area contributed by atoms with Crippen LogP contribution >= 0.6 is 15.6 Å². The van der Waals surface area contributed by atoms with E-state index in [9.17, 15) is 43.2 Å². The first-order valence-electron chi connectivity index (χ1n) is 36.5. The summed E-state index contributed by atoms with van der Waals surface area (Å²) in [4.78, 5) is 72.5. The van der Waals surface area contributed by atoms with E-state index in [4.69, 9.17) is 37.0 Å². The number of phosphoric ester groups is 2. The molecule has 0 saturated carbocycles. The van der Waals surface area contributed by atoms with Crippen LogP contribution in [0.3, 0.4) is 0 Å². The van der Waals surface area contributed by atoms with Crippen molar-refractivity contribution in [2.24, 2.45) is 11.8 Å². The average molecular weight is 1310 g/mol. The minimum atomic E-state index is -4.95. The lowest BCUT2D eigenvalue weighted by Crippen LogP contribution is -2.30. The Hall–Kier alpha value is -1.94. The van der Waals surface area contributed by atoms with Gasteiger partial charge in [0.05, 0.1) is 26.4 Å². The Bertz CT molecular complexity index is 1730. The van der Waals surface area contributed by atoms with E-state index in [2.05, 4.69) is 41.5 Å². The Labute approximate surface area is 543 Å². The summed E-state index contributed by atoms with van der Waals surface area (Å²) in [6.07, 6.45) is 47.1. The van der Waals surface area contributed by atoms with Crippen LogP contribution in [0.15, 0.2) is 0 Å². The Kier molecular flexibility index (Phi) is 60.8. The maximum absolute atomic E-state index is 13.0. The molecule has 0 bridgehead atoms. The molecule has 0 rings (SSSR count). The van der Waals surface area contributed by atoms with Gasteiger partial charge in [-0.1, -0.05) is 305 Å². The van der Waals surface area contributed by atoms with Crippen LogP contribution in [0, 0.1) is 11.8 Å². The molecule has 0 aromatic heterocycles. The normalized spacial score (nSPS) is 14.1. The number of aliphatic hydroxyl groups is 1. The molecular weight excluding hydrogens is 1170 g/mol. The molecule has 0 aliphatic rings. The molecule has 2 unspecified atom stereocenters. The molecule has 0 heterocycles. The van der Waals surface area contributed by atoms with Crippen LogP contribution < -0.4 is 0 Å². The summed E-state index contributed by atoms with van der Waals surface area (Å²) in [6.45, 7) is 9.54. The number of rotatable bonds is 69. The third kappa shape index (κ3) is 64.6. The fourth-order valence-corrected chi connectivity index (χ4v) is 12.2. The Morgan fingerprint density at radius 3 is 0.764 bits per heavy atom. The largest absolute Gasteiger partial charge is 0.472 e. The molecule has 528 valence electrons. The lowest BCUT2D eigenvalue weighted by molar-refractivity contribution is -0.161. The predicted molar refractivity (Wildman–Crippen MR) is 358 cm³/mol. The molecule has 0 saturated heterocycles. The van der Waals surface area contributed by atoms with Gasteiger partial charge in [0.15, 0.2) is 12.2 Å². The van der Waals surface area contributed by atoms with Crippen molar-refractivity contribution in [3.8, 4) is 0 Å². The number of esters is 4. The smallest absolute Gasteiger partial charge is 0.462 e. The summed E-state index contributed by atoms with van der Waals surface area (Å²) < 4.78 is 68.2. The summed E-state index contributed by atoms with van der Waals surface area (Å²) in [5.74, 6) is -0.585. The zero-order chi connectivity index (χ0) is 65.7. The summed E-state index contributed by atoms with van der Waals surface area (Å²) in [5.41, 5.74) is 0. The van der Waals surface area contributed by atoms with E-state index < -0.39 is 97.5 Å². The highest BCUT2D eigenvalue weighted by atomic mass is 31.2. The van der Waals surface area contributed by atoms with Gasteiger partial charge < -0.3 is 33.8 Å². The van der Waals surface area contributed by atoms with Crippen LogP contribution in [-0.4, -0.2) is 96.7 Å². The molecule has 0 spiro atoms. The summed E-state index contributed by atoms with van der Waals surface area (Å²) in [6, 6.07) is 0. The van der Waals surface area contributed by atoms with Crippen molar-refractivity contribution in [3.05, 3.63) is 0 Å². The van der Waals surface area contributed by atoms with Gasteiger partial charge in [-0.15, -0.1) is 0 Å². The minimum Gasteiger partial charge on any atom is -0.462 e. The van der Waals surface area contributed by atoms with Crippen LogP contribution in [0.1, 0.15) is 356 Å². The number of hydrogen-bond acceptors (Lipinski definition) is 15. The molecule has 0 aromatic rings. The number of carbonyl (C=O) groups excluding carboxylic acids is 4. The van der Waals surface area contributed by atoms with Gasteiger partial charge in [-0.05, 0) is 37.5 Å². The van der Waals surface area contributed by atoms with Gasteiger partial charge in [0.25, 0.3) is 0 Å². The van der Waals surface area contributed by atoms with E-state index in [1.807, 2.05) is 0 Å². The third-order valence-corrected chi connectivity index (χ3v) is 18.1. The highest BCUT2D eigenvalue weighted by Crippen LogP contribution is 2.45.